The molecule has 0 spiro atoms. The van der Waals surface area contributed by atoms with E-state index in [0.717, 1.165) is 57.7 Å². The van der Waals surface area contributed by atoms with Gasteiger partial charge in [0.1, 0.15) is 0 Å². The van der Waals surface area contributed by atoms with E-state index < -0.39 is 0 Å². The molecule has 32 heavy (non-hydrogen) atoms. The van der Waals surface area contributed by atoms with Gasteiger partial charge in [0.15, 0.2) is 0 Å². The van der Waals surface area contributed by atoms with E-state index in [2.05, 4.69) is 82.7 Å². The summed E-state index contributed by atoms with van der Waals surface area (Å²) in [5, 5.41) is 4.58. The summed E-state index contributed by atoms with van der Waals surface area (Å²) < 4.78 is 2.30. The van der Waals surface area contributed by atoms with Crippen LogP contribution in [0.3, 0.4) is 0 Å². The van der Waals surface area contributed by atoms with Crippen molar-refractivity contribution < 1.29 is 0 Å². The van der Waals surface area contributed by atoms with E-state index in [4.69, 9.17) is 9.98 Å². The zero-order chi connectivity index (χ0) is 21.3. The van der Waals surface area contributed by atoms with Crippen LogP contribution in [0.2, 0.25) is 0 Å². The summed E-state index contributed by atoms with van der Waals surface area (Å²) >= 11 is 0. The van der Waals surface area contributed by atoms with Gasteiger partial charge in [-0.15, -0.1) is 0 Å². The second-order valence-electron chi connectivity index (χ2n) is 8.33. The fourth-order valence-corrected chi connectivity index (χ4v) is 4.29. The lowest BCUT2D eigenvalue weighted by Crippen LogP contribution is -2.22. The molecule has 1 heterocycles. The van der Waals surface area contributed by atoms with Gasteiger partial charge in [0.2, 0.25) is 0 Å². The fourth-order valence-electron chi connectivity index (χ4n) is 4.29. The summed E-state index contributed by atoms with van der Waals surface area (Å²) in [4.78, 5) is 10.1. The number of nitrogens with zero attached hydrogens (tertiary/aromatic N) is 3. The van der Waals surface area contributed by atoms with E-state index in [1.54, 1.807) is 0 Å². The molecule has 4 heteroatoms. The number of nitrogens with one attached hydrogen (secondary N) is 1. The normalized spacial score (nSPS) is 14.6. The van der Waals surface area contributed by atoms with Crippen LogP contribution in [0, 0.1) is 0 Å². The van der Waals surface area contributed by atoms with E-state index in [9.17, 15) is 0 Å². The Morgan fingerprint density at radius 1 is 0.812 bits per heavy atom. The van der Waals surface area contributed by atoms with E-state index in [-0.39, 0.29) is 0 Å². The highest BCUT2D eigenvalue weighted by molar-refractivity contribution is 5.84. The molecule has 0 aromatic heterocycles. The summed E-state index contributed by atoms with van der Waals surface area (Å²) in [7, 11) is 0. The Bertz CT molecular complexity index is 1420. The average Bonchev–Trinajstić information content (AvgIpc) is 2.81. The molecule has 0 unspecified atom stereocenters. The van der Waals surface area contributed by atoms with Crippen molar-refractivity contribution in [2.75, 3.05) is 5.32 Å². The van der Waals surface area contributed by atoms with E-state index in [1.165, 1.54) is 6.42 Å². The molecule has 1 N–H and O–H groups in total. The Kier molecular flexibility index (Phi) is 4.69. The summed E-state index contributed by atoms with van der Waals surface area (Å²) in [5.41, 5.74) is 7.23. The Labute approximate surface area is 187 Å². The minimum Gasteiger partial charge on any atom is -0.354 e. The molecule has 1 fully saturated rings. The standard InChI is InChI=1S/C28H24N4/c1-3-10-20(11-4-1)29-24-18-26-28(19-25(24)30-21-12-9-13-21)32(22-14-5-2-6-15-22)27-17-8-7-16-23(27)31-26/h1-8,10-11,14-19,21,29H,9,12-13H2/b30-25+. The third-order valence-electron chi connectivity index (χ3n) is 6.16. The number of hydrogen-bond acceptors (Lipinski definition) is 3. The molecule has 1 aliphatic heterocycles. The van der Waals surface area contributed by atoms with E-state index in [1.807, 2.05) is 24.3 Å². The molecule has 0 radical (unpaired) electrons. The van der Waals surface area contributed by atoms with E-state index >= 15 is 0 Å². The topological polar surface area (TPSA) is 42.2 Å². The molecule has 0 atom stereocenters. The molecule has 3 aliphatic rings. The van der Waals surface area contributed by atoms with Gasteiger partial charge in [-0.1, -0.05) is 48.5 Å². The average molecular weight is 417 g/mol. The highest BCUT2D eigenvalue weighted by Gasteiger charge is 2.19. The van der Waals surface area contributed by atoms with Gasteiger partial charge in [0, 0.05) is 11.4 Å². The first-order valence-electron chi connectivity index (χ1n) is 11.2. The number of hydrogen-bond donors (Lipinski definition) is 1. The molecule has 0 amide bonds. The molecule has 3 aromatic rings. The minimum atomic E-state index is 0.405. The van der Waals surface area contributed by atoms with Crippen LogP contribution in [0.5, 0.6) is 0 Å². The molecule has 1 saturated carbocycles. The van der Waals surface area contributed by atoms with Gasteiger partial charge in [-0.2, -0.15) is 0 Å². The zero-order valence-electron chi connectivity index (χ0n) is 17.8. The number of benzene rings is 4. The number of para-hydroxylation sites is 4. The quantitative estimate of drug-likeness (QED) is 0.348. The monoisotopic (exact) mass is 416 g/mol. The third kappa shape index (κ3) is 3.44. The van der Waals surface area contributed by atoms with Crippen molar-refractivity contribution >= 4 is 22.4 Å². The van der Waals surface area contributed by atoms with Gasteiger partial charge in [-0.05, 0) is 67.8 Å². The lowest BCUT2D eigenvalue weighted by molar-refractivity contribution is 0.413. The smallest absolute Gasteiger partial charge is 0.0900 e. The first-order valence-corrected chi connectivity index (χ1v) is 11.2. The molecule has 0 saturated heterocycles. The highest BCUT2D eigenvalue weighted by atomic mass is 15.0. The highest BCUT2D eigenvalue weighted by Crippen LogP contribution is 2.31. The number of fused-ring (bicyclic) bond motifs is 2. The Morgan fingerprint density at radius 2 is 1.53 bits per heavy atom. The SMILES string of the molecule is c1ccc(Nc2cc3nc4ccccc4n(-c4ccccc4)c-3c/c2=N\C2CCC2)cc1. The summed E-state index contributed by atoms with van der Waals surface area (Å²) in [5.74, 6) is 0. The van der Waals surface area contributed by atoms with Crippen LogP contribution < -0.4 is 10.7 Å². The van der Waals surface area contributed by atoms with Crippen LogP contribution in [-0.4, -0.2) is 15.6 Å². The number of anilines is 2. The van der Waals surface area contributed by atoms with Gasteiger partial charge in [-0.25, -0.2) is 4.98 Å². The molecular formula is C28H24N4. The van der Waals surface area contributed by atoms with Crippen molar-refractivity contribution in [3.63, 3.8) is 0 Å². The molecule has 6 rings (SSSR count). The largest absolute Gasteiger partial charge is 0.354 e. The molecule has 3 aromatic carbocycles. The molecular weight excluding hydrogens is 392 g/mol. The first kappa shape index (κ1) is 18.8. The van der Waals surface area contributed by atoms with Crippen LogP contribution in [0.1, 0.15) is 19.3 Å². The minimum absolute atomic E-state index is 0.405. The summed E-state index contributed by atoms with van der Waals surface area (Å²) in [6.07, 6.45) is 3.59. The van der Waals surface area contributed by atoms with Crippen molar-refractivity contribution in [1.29, 1.82) is 0 Å². The lowest BCUT2D eigenvalue weighted by Gasteiger charge is -2.23. The Morgan fingerprint density at radius 3 is 2.28 bits per heavy atom. The van der Waals surface area contributed by atoms with Crippen LogP contribution >= 0.6 is 0 Å². The van der Waals surface area contributed by atoms with E-state index in [0.29, 0.717) is 6.04 Å². The predicted molar refractivity (Wildman–Crippen MR) is 131 cm³/mol. The van der Waals surface area contributed by atoms with Crippen LogP contribution in [0.15, 0.2) is 102 Å². The Hall–Kier alpha value is -3.92. The lowest BCUT2D eigenvalue weighted by atomic mass is 9.94. The first-order chi connectivity index (χ1) is 15.8. The summed E-state index contributed by atoms with van der Waals surface area (Å²) in [6.45, 7) is 0. The molecule has 2 aliphatic carbocycles. The second kappa shape index (κ2) is 7.97. The van der Waals surface area contributed by atoms with Crippen molar-refractivity contribution in [2.24, 2.45) is 4.99 Å². The van der Waals surface area contributed by atoms with Gasteiger partial charge in [0.05, 0.1) is 39.5 Å². The van der Waals surface area contributed by atoms with Crippen molar-refractivity contribution in [1.82, 2.24) is 9.55 Å². The van der Waals surface area contributed by atoms with Crippen LogP contribution in [0.25, 0.3) is 28.1 Å². The molecule has 0 bridgehead atoms. The summed E-state index contributed by atoms with van der Waals surface area (Å²) in [6, 6.07) is 33.8. The van der Waals surface area contributed by atoms with Crippen molar-refractivity contribution in [2.45, 2.75) is 25.3 Å². The van der Waals surface area contributed by atoms with Gasteiger partial charge in [-0.3, -0.25) is 4.99 Å². The number of rotatable bonds is 4. The maximum Gasteiger partial charge on any atom is 0.0900 e. The van der Waals surface area contributed by atoms with Gasteiger partial charge >= 0.3 is 0 Å². The Balaban J connectivity index is 1.64. The van der Waals surface area contributed by atoms with Gasteiger partial charge in [0.25, 0.3) is 0 Å². The number of aromatic nitrogens is 2. The zero-order valence-corrected chi connectivity index (χ0v) is 17.8. The van der Waals surface area contributed by atoms with Gasteiger partial charge < -0.3 is 9.88 Å². The predicted octanol–water partition coefficient (Wildman–Crippen LogP) is 6.33. The van der Waals surface area contributed by atoms with Crippen molar-refractivity contribution in [3.8, 4) is 17.1 Å². The maximum absolute atomic E-state index is 5.12. The molecule has 156 valence electrons. The second-order valence-corrected chi connectivity index (χ2v) is 8.33. The fraction of sp³-hybridized carbons (Fsp3) is 0.143. The van der Waals surface area contributed by atoms with Crippen molar-refractivity contribution in [3.05, 3.63) is 102 Å². The molecule has 4 nitrogen and oxygen atoms in total. The maximum atomic E-state index is 5.12. The van der Waals surface area contributed by atoms with Crippen LogP contribution in [0.4, 0.5) is 11.4 Å². The van der Waals surface area contributed by atoms with Crippen LogP contribution in [-0.2, 0) is 0 Å². The third-order valence-corrected chi connectivity index (χ3v) is 6.16.